The lowest BCUT2D eigenvalue weighted by Gasteiger charge is -2.07. The Morgan fingerprint density at radius 1 is 0.552 bits per heavy atom. The van der Waals surface area contributed by atoms with Gasteiger partial charge in [0.05, 0.1) is 5.69 Å². The van der Waals surface area contributed by atoms with Gasteiger partial charge in [-0.25, -0.2) is 0 Å². The summed E-state index contributed by atoms with van der Waals surface area (Å²) in [5, 5.41) is 4.49. The molecule has 0 N–H and O–H groups in total. The fourth-order valence-corrected chi connectivity index (χ4v) is 4.10. The fraction of sp³-hybridized carbons (Fsp3) is 0. The Morgan fingerprint density at radius 2 is 1.31 bits per heavy atom. The molecule has 0 atom stereocenters. The van der Waals surface area contributed by atoms with Crippen molar-refractivity contribution in [3.8, 4) is 22.4 Å². The van der Waals surface area contributed by atoms with E-state index in [9.17, 15) is 0 Å². The maximum Gasteiger partial charge on any atom is 0.144 e. The minimum absolute atomic E-state index is 0.868. The van der Waals surface area contributed by atoms with Crippen LogP contribution in [0.1, 0.15) is 0 Å². The molecule has 0 radical (unpaired) electrons. The molecular weight excluding hydrogens is 356 g/mol. The van der Waals surface area contributed by atoms with Gasteiger partial charge in [0.2, 0.25) is 0 Å². The predicted octanol–water partition coefficient (Wildman–Crippen LogP) is 6.86. The smallest absolute Gasteiger partial charge is 0.144 e. The van der Waals surface area contributed by atoms with Crippen LogP contribution < -0.4 is 0 Å². The molecule has 0 aliphatic heterocycles. The normalized spacial score (nSPS) is 11.4. The van der Waals surface area contributed by atoms with Crippen LogP contribution in [0.5, 0.6) is 0 Å². The van der Waals surface area contributed by atoms with E-state index in [0.717, 1.165) is 49.7 Å². The number of nitrogens with zero attached hydrogens (tertiary/aromatic N) is 2. The van der Waals surface area contributed by atoms with Gasteiger partial charge in [-0.2, -0.15) is 0 Å². The van der Waals surface area contributed by atoms with Crippen molar-refractivity contribution in [1.29, 1.82) is 0 Å². The summed E-state index contributed by atoms with van der Waals surface area (Å²) >= 11 is 0. The Morgan fingerprint density at radius 3 is 2.14 bits per heavy atom. The highest BCUT2D eigenvalue weighted by Gasteiger charge is 2.16. The summed E-state index contributed by atoms with van der Waals surface area (Å²) in [7, 11) is 0. The van der Waals surface area contributed by atoms with Gasteiger partial charge in [-0.1, -0.05) is 54.6 Å². The maximum atomic E-state index is 6.51. The molecule has 0 fully saturated rings. The lowest BCUT2D eigenvalue weighted by Crippen LogP contribution is -1.83. The van der Waals surface area contributed by atoms with Crippen molar-refractivity contribution in [2.24, 2.45) is 0 Å². The third kappa shape index (κ3) is 2.44. The molecule has 3 aromatic carbocycles. The van der Waals surface area contributed by atoms with Crippen molar-refractivity contribution in [2.45, 2.75) is 0 Å². The highest BCUT2D eigenvalue weighted by Crippen LogP contribution is 2.40. The second-order valence-corrected chi connectivity index (χ2v) is 7.08. The molecule has 0 saturated carbocycles. The molecule has 3 nitrogen and oxygen atoms in total. The van der Waals surface area contributed by atoms with Gasteiger partial charge in [-0.15, -0.1) is 0 Å². The summed E-state index contributed by atoms with van der Waals surface area (Å²) in [6.07, 6.45) is 5.56. The number of para-hydroxylation sites is 2. The van der Waals surface area contributed by atoms with Gasteiger partial charge in [0.1, 0.15) is 11.2 Å². The van der Waals surface area contributed by atoms with Crippen LogP contribution >= 0.6 is 0 Å². The molecule has 0 spiro atoms. The Kier molecular flexibility index (Phi) is 3.47. The van der Waals surface area contributed by atoms with Crippen LogP contribution in [0, 0.1) is 0 Å². The van der Waals surface area contributed by atoms with E-state index in [0.29, 0.717) is 0 Å². The summed E-state index contributed by atoms with van der Waals surface area (Å²) in [5.74, 6) is 0. The number of hydrogen-bond donors (Lipinski definition) is 0. The molecule has 6 rings (SSSR count). The van der Waals surface area contributed by atoms with E-state index in [-0.39, 0.29) is 0 Å². The van der Waals surface area contributed by atoms with E-state index in [4.69, 9.17) is 4.42 Å². The summed E-state index contributed by atoms with van der Waals surface area (Å²) in [6, 6.07) is 26.9. The number of furan rings is 1. The zero-order valence-corrected chi connectivity index (χ0v) is 15.5. The molecule has 0 aliphatic rings. The quantitative estimate of drug-likeness (QED) is 0.333. The summed E-state index contributed by atoms with van der Waals surface area (Å²) in [5.41, 5.74) is 5.87. The fourth-order valence-electron chi connectivity index (χ4n) is 4.10. The third-order valence-corrected chi connectivity index (χ3v) is 5.44. The number of hydrogen-bond acceptors (Lipinski definition) is 3. The first-order chi connectivity index (χ1) is 14.4. The SMILES string of the molecule is c1ccc(-c2cccc3c2oc2c(-c4cccc5ccncc45)cccc23)nc1. The van der Waals surface area contributed by atoms with Crippen molar-refractivity contribution in [3.05, 3.63) is 97.5 Å². The lowest BCUT2D eigenvalue weighted by atomic mass is 9.97. The van der Waals surface area contributed by atoms with Gasteiger partial charge < -0.3 is 4.42 Å². The van der Waals surface area contributed by atoms with Gasteiger partial charge in [0.25, 0.3) is 0 Å². The lowest BCUT2D eigenvalue weighted by molar-refractivity contribution is 0.671. The standard InChI is InChI=1S/C26H16N2O/c1-2-14-28-24(12-1)22-11-5-10-21-20-9-4-8-19(25(20)29-26(21)22)18-7-3-6-17-13-15-27-16-23(17)18/h1-16H. The van der Waals surface area contributed by atoms with Crippen LogP contribution in [0.15, 0.2) is 102 Å². The van der Waals surface area contributed by atoms with Crippen LogP contribution in [0.3, 0.4) is 0 Å². The molecule has 0 bridgehead atoms. The Bertz CT molecular complexity index is 1490. The largest absolute Gasteiger partial charge is 0.455 e. The van der Waals surface area contributed by atoms with Gasteiger partial charge >= 0.3 is 0 Å². The van der Waals surface area contributed by atoms with Crippen LogP contribution in [0.2, 0.25) is 0 Å². The van der Waals surface area contributed by atoms with Crippen molar-refractivity contribution in [2.75, 3.05) is 0 Å². The molecule has 3 heterocycles. The van der Waals surface area contributed by atoms with E-state index in [1.54, 1.807) is 0 Å². The minimum Gasteiger partial charge on any atom is -0.455 e. The van der Waals surface area contributed by atoms with E-state index < -0.39 is 0 Å². The molecule has 0 saturated heterocycles. The number of pyridine rings is 2. The molecular formula is C26H16N2O. The highest BCUT2D eigenvalue weighted by molar-refractivity contribution is 6.14. The van der Waals surface area contributed by atoms with Crippen LogP contribution in [-0.2, 0) is 0 Å². The number of rotatable bonds is 2. The Labute approximate surface area is 167 Å². The van der Waals surface area contributed by atoms with E-state index in [2.05, 4.69) is 64.6 Å². The average Bonchev–Trinajstić information content (AvgIpc) is 3.18. The topological polar surface area (TPSA) is 38.9 Å². The van der Waals surface area contributed by atoms with Gasteiger partial charge in [-0.3, -0.25) is 9.97 Å². The van der Waals surface area contributed by atoms with Crippen LogP contribution in [0.25, 0.3) is 55.1 Å². The maximum absolute atomic E-state index is 6.51. The van der Waals surface area contributed by atoms with Crippen molar-refractivity contribution < 1.29 is 4.42 Å². The molecule has 29 heavy (non-hydrogen) atoms. The summed E-state index contributed by atoms with van der Waals surface area (Å²) in [6.45, 7) is 0. The molecule has 0 aliphatic carbocycles. The van der Waals surface area contributed by atoms with E-state index in [1.807, 2.05) is 42.9 Å². The molecule has 6 aromatic rings. The first-order valence-electron chi connectivity index (χ1n) is 9.59. The predicted molar refractivity (Wildman–Crippen MR) is 118 cm³/mol. The second kappa shape index (κ2) is 6.28. The molecule has 0 unspecified atom stereocenters. The molecule has 0 amide bonds. The van der Waals surface area contributed by atoms with E-state index >= 15 is 0 Å². The third-order valence-electron chi connectivity index (χ3n) is 5.44. The zero-order chi connectivity index (χ0) is 19.2. The molecule has 3 heteroatoms. The van der Waals surface area contributed by atoms with Gasteiger partial charge in [0.15, 0.2) is 0 Å². The van der Waals surface area contributed by atoms with Crippen LogP contribution in [0.4, 0.5) is 0 Å². The molecule has 3 aromatic heterocycles. The van der Waals surface area contributed by atoms with Gasteiger partial charge in [0, 0.05) is 45.9 Å². The first kappa shape index (κ1) is 16.0. The monoisotopic (exact) mass is 372 g/mol. The number of fused-ring (bicyclic) bond motifs is 4. The zero-order valence-electron chi connectivity index (χ0n) is 15.5. The Hall–Kier alpha value is -3.98. The number of aromatic nitrogens is 2. The molecule has 136 valence electrons. The highest BCUT2D eigenvalue weighted by atomic mass is 16.3. The van der Waals surface area contributed by atoms with Crippen molar-refractivity contribution in [1.82, 2.24) is 9.97 Å². The van der Waals surface area contributed by atoms with E-state index in [1.165, 1.54) is 5.39 Å². The summed E-state index contributed by atoms with van der Waals surface area (Å²) in [4.78, 5) is 8.86. The van der Waals surface area contributed by atoms with Crippen molar-refractivity contribution >= 4 is 32.7 Å². The minimum atomic E-state index is 0.868. The first-order valence-corrected chi connectivity index (χ1v) is 9.59. The summed E-state index contributed by atoms with van der Waals surface area (Å²) < 4.78 is 6.51. The average molecular weight is 372 g/mol. The van der Waals surface area contributed by atoms with Crippen LogP contribution in [-0.4, -0.2) is 9.97 Å². The number of benzene rings is 3. The second-order valence-electron chi connectivity index (χ2n) is 7.08. The van der Waals surface area contributed by atoms with Gasteiger partial charge in [-0.05, 0) is 35.2 Å². The Balaban J connectivity index is 1.70. The van der Waals surface area contributed by atoms with Crippen molar-refractivity contribution in [3.63, 3.8) is 0 Å².